The third kappa shape index (κ3) is 6.33. The van der Waals surface area contributed by atoms with E-state index in [1.54, 1.807) is 7.11 Å². The van der Waals surface area contributed by atoms with E-state index in [1.807, 2.05) is 12.1 Å². The van der Waals surface area contributed by atoms with Crippen molar-refractivity contribution >= 4 is 5.97 Å². The minimum absolute atomic E-state index is 0.109. The second-order valence-electron chi connectivity index (χ2n) is 8.51. The van der Waals surface area contributed by atoms with Gasteiger partial charge in [0.1, 0.15) is 5.75 Å². The van der Waals surface area contributed by atoms with Crippen LogP contribution in [0.5, 0.6) is 5.75 Å². The number of hydrogen-bond acceptors (Lipinski definition) is 4. The predicted octanol–water partition coefficient (Wildman–Crippen LogP) is 5.33. The maximum atomic E-state index is 11.8. The van der Waals surface area contributed by atoms with Gasteiger partial charge in [-0.2, -0.15) is 0 Å². The van der Waals surface area contributed by atoms with Gasteiger partial charge in [-0.3, -0.25) is 4.79 Å². The van der Waals surface area contributed by atoms with Gasteiger partial charge < -0.3 is 14.8 Å². The number of rotatable bonds is 9. The van der Waals surface area contributed by atoms with Crippen molar-refractivity contribution in [2.75, 3.05) is 14.2 Å². The molecule has 30 heavy (non-hydrogen) atoms. The van der Waals surface area contributed by atoms with Gasteiger partial charge in [0.25, 0.3) is 0 Å². The Bertz CT molecular complexity index is 775. The zero-order chi connectivity index (χ0) is 21.3. The summed E-state index contributed by atoms with van der Waals surface area (Å²) in [6, 6.07) is 19.7. The van der Waals surface area contributed by atoms with Crippen LogP contribution in [0.15, 0.2) is 54.6 Å². The van der Waals surface area contributed by atoms with Crippen molar-refractivity contribution in [2.45, 2.75) is 57.5 Å². The molecule has 0 bridgehead atoms. The molecule has 2 aromatic rings. The average molecular weight is 410 g/mol. The van der Waals surface area contributed by atoms with E-state index in [0.717, 1.165) is 31.4 Å². The zero-order valence-electron chi connectivity index (χ0n) is 18.5. The van der Waals surface area contributed by atoms with Crippen LogP contribution in [0.2, 0.25) is 0 Å². The monoisotopic (exact) mass is 409 g/mol. The minimum Gasteiger partial charge on any atom is -0.497 e. The Morgan fingerprint density at radius 1 is 1.07 bits per heavy atom. The summed E-state index contributed by atoms with van der Waals surface area (Å²) in [6.07, 6.45) is 5.95. The maximum Gasteiger partial charge on any atom is 0.305 e. The first-order valence-electron chi connectivity index (χ1n) is 11.1. The van der Waals surface area contributed by atoms with E-state index in [1.165, 1.54) is 24.7 Å². The van der Waals surface area contributed by atoms with Gasteiger partial charge in [-0.05, 0) is 74.1 Å². The Morgan fingerprint density at radius 2 is 1.80 bits per heavy atom. The molecule has 1 N–H and O–H groups in total. The predicted molar refractivity (Wildman–Crippen MR) is 121 cm³/mol. The molecule has 1 aliphatic carbocycles. The number of ether oxygens (including phenoxy) is 2. The molecule has 0 unspecified atom stereocenters. The Labute approximate surface area is 181 Å². The molecule has 0 amide bonds. The number of carbonyl (C=O) groups is 1. The molecule has 2 aromatic carbocycles. The fourth-order valence-corrected chi connectivity index (χ4v) is 4.74. The first kappa shape index (κ1) is 22.4. The van der Waals surface area contributed by atoms with E-state index in [9.17, 15) is 4.79 Å². The summed E-state index contributed by atoms with van der Waals surface area (Å²) in [5.74, 6) is 1.91. The van der Waals surface area contributed by atoms with Gasteiger partial charge in [0, 0.05) is 18.5 Å². The Balaban J connectivity index is 1.63. The molecule has 4 heteroatoms. The number of esters is 1. The third-order valence-corrected chi connectivity index (χ3v) is 6.49. The van der Waals surface area contributed by atoms with E-state index in [0.29, 0.717) is 30.3 Å². The van der Waals surface area contributed by atoms with Crippen LogP contribution in [-0.2, 0) is 16.0 Å². The van der Waals surface area contributed by atoms with Crippen molar-refractivity contribution in [1.82, 2.24) is 5.32 Å². The number of carbonyl (C=O) groups excluding carboxylic acids is 1. The summed E-state index contributed by atoms with van der Waals surface area (Å²) in [4.78, 5) is 11.8. The highest BCUT2D eigenvalue weighted by molar-refractivity contribution is 5.69. The Morgan fingerprint density at radius 3 is 2.47 bits per heavy atom. The quantitative estimate of drug-likeness (QED) is 0.569. The summed E-state index contributed by atoms with van der Waals surface area (Å²) in [5.41, 5.74) is 2.67. The lowest BCUT2D eigenvalue weighted by atomic mass is 9.73. The molecule has 1 fully saturated rings. The summed E-state index contributed by atoms with van der Waals surface area (Å²) in [7, 11) is 3.18. The van der Waals surface area contributed by atoms with Gasteiger partial charge in [-0.1, -0.05) is 42.5 Å². The molecule has 0 heterocycles. The van der Waals surface area contributed by atoms with Gasteiger partial charge in [0.2, 0.25) is 0 Å². The minimum atomic E-state index is -0.109. The van der Waals surface area contributed by atoms with Gasteiger partial charge in [-0.15, -0.1) is 0 Å². The fraction of sp³-hybridized carbons (Fsp3) is 0.500. The topological polar surface area (TPSA) is 47.6 Å². The summed E-state index contributed by atoms with van der Waals surface area (Å²) < 4.78 is 10.2. The molecular formula is C26H35NO3. The molecule has 0 aromatic heterocycles. The van der Waals surface area contributed by atoms with E-state index < -0.39 is 0 Å². The molecule has 162 valence electrons. The second-order valence-corrected chi connectivity index (χ2v) is 8.51. The van der Waals surface area contributed by atoms with Crippen LogP contribution in [0, 0.1) is 11.8 Å². The van der Waals surface area contributed by atoms with Crippen molar-refractivity contribution in [3.05, 3.63) is 65.7 Å². The molecule has 4 atom stereocenters. The smallest absolute Gasteiger partial charge is 0.305 e. The first-order valence-corrected chi connectivity index (χ1v) is 11.1. The van der Waals surface area contributed by atoms with E-state index in [-0.39, 0.29) is 5.97 Å². The number of benzene rings is 2. The fourth-order valence-electron chi connectivity index (χ4n) is 4.74. The van der Waals surface area contributed by atoms with Gasteiger partial charge in [0.05, 0.1) is 14.2 Å². The van der Waals surface area contributed by atoms with Crippen LogP contribution in [0.25, 0.3) is 0 Å². The lowest BCUT2D eigenvalue weighted by molar-refractivity contribution is -0.141. The van der Waals surface area contributed by atoms with Gasteiger partial charge in [-0.25, -0.2) is 0 Å². The molecule has 4 nitrogen and oxygen atoms in total. The SMILES string of the molecule is COC(=O)CC[C@@H]1C[C@H](Cc2ccc(OC)cc2)CC[C@@H]1N[C@@H](C)c1ccccc1. The Kier molecular flexibility index (Phi) is 8.32. The lowest BCUT2D eigenvalue weighted by Crippen LogP contribution is -2.42. The van der Waals surface area contributed by atoms with Crippen LogP contribution < -0.4 is 10.1 Å². The maximum absolute atomic E-state index is 11.8. The van der Waals surface area contributed by atoms with Crippen molar-refractivity contribution in [1.29, 1.82) is 0 Å². The van der Waals surface area contributed by atoms with E-state index in [4.69, 9.17) is 9.47 Å². The molecule has 0 spiro atoms. The van der Waals surface area contributed by atoms with Crippen LogP contribution >= 0.6 is 0 Å². The number of methoxy groups -OCH3 is 2. The molecule has 0 saturated heterocycles. The van der Waals surface area contributed by atoms with Crippen molar-refractivity contribution in [3.63, 3.8) is 0 Å². The molecule has 1 aliphatic rings. The normalized spacial score (nSPS) is 22.3. The second kappa shape index (κ2) is 11.2. The number of hydrogen-bond donors (Lipinski definition) is 1. The molecule has 1 saturated carbocycles. The molecule has 3 rings (SSSR count). The first-order chi connectivity index (χ1) is 14.6. The lowest BCUT2D eigenvalue weighted by Gasteiger charge is -2.38. The van der Waals surface area contributed by atoms with Crippen LogP contribution in [0.1, 0.15) is 56.2 Å². The Hall–Kier alpha value is -2.33. The highest BCUT2D eigenvalue weighted by Gasteiger charge is 2.31. The summed E-state index contributed by atoms with van der Waals surface area (Å²) >= 11 is 0. The van der Waals surface area contributed by atoms with Crippen LogP contribution in [0.3, 0.4) is 0 Å². The molecule has 0 radical (unpaired) electrons. The van der Waals surface area contributed by atoms with Crippen LogP contribution in [0.4, 0.5) is 0 Å². The van der Waals surface area contributed by atoms with Crippen LogP contribution in [-0.4, -0.2) is 26.2 Å². The highest BCUT2D eigenvalue weighted by atomic mass is 16.5. The van der Waals surface area contributed by atoms with Gasteiger partial charge >= 0.3 is 5.97 Å². The summed E-state index contributed by atoms with van der Waals surface area (Å²) in [5, 5.41) is 3.86. The zero-order valence-corrected chi connectivity index (χ0v) is 18.5. The van der Waals surface area contributed by atoms with Gasteiger partial charge in [0.15, 0.2) is 0 Å². The highest BCUT2D eigenvalue weighted by Crippen LogP contribution is 2.35. The standard InChI is InChI=1S/C26H35NO3/c1-19(22-7-5-4-6-8-22)27-25-15-11-21(18-23(25)12-16-26(28)30-3)17-20-9-13-24(29-2)14-10-20/h4-10,13-14,19,21,23,25,27H,11-12,15-18H2,1-3H3/t19-,21-,23+,25-/m0/s1. The van der Waals surface area contributed by atoms with E-state index >= 15 is 0 Å². The van der Waals surface area contributed by atoms with Crippen molar-refractivity contribution in [3.8, 4) is 5.75 Å². The van der Waals surface area contributed by atoms with Crippen molar-refractivity contribution in [2.24, 2.45) is 11.8 Å². The molecule has 0 aliphatic heterocycles. The third-order valence-electron chi connectivity index (χ3n) is 6.49. The van der Waals surface area contributed by atoms with Crippen molar-refractivity contribution < 1.29 is 14.3 Å². The average Bonchev–Trinajstić information content (AvgIpc) is 2.79. The van der Waals surface area contributed by atoms with E-state index in [2.05, 4.69) is 54.7 Å². The number of nitrogens with one attached hydrogen (secondary N) is 1. The summed E-state index contributed by atoms with van der Waals surface area (Å²) in [6.45, 7) is 2.23. The molecular weight excluding hydrogens is 374 g/mol. The largest absolute Gasteiger partial charge is 0.497 e.